The van der Waals surface area contributed by atoms with Crippen LogP contribution in [-0.4, -0.2) is 40.6 Å². The number of aromatic hydroxyl groups is 1. The Morgan fingerprint density at radius 1 is 0.941 bits per heavy atom. The van der Waals surface area contributed by atoms with Crippen LogP contribution in [0.4, 0.5) is 0 Å². The summed E-state index contributed by atoms with van der Waals surface area (Å²) in [5, 5.41) is 9.46. The van der Waals surface area contributed by atoms with Gasteiger partial charge in [0.1, 0.15) is 17.1 Å². The SMILES string of the molecule is O=C(Oc1ccccc1)c1ccccc1O.[NaH]. The van der Waals surface area contributed by atoms with Crippen molar-refractivity contribution in [3.8, 4) is 11.5 Å². The van der Waals surface area contributed by atoms with E-state index in [2.05, 4.69) is 0 Å². The minimum atomic E-state index is -0.565. The molecular weight excluding hydrogens is 227 g/mol. The Labute approximate surface area is 121 Å². The van der Waals surface area contributed by atoms with Crippen LogP contribution in [0.15, 0.2) is 54.6 Å². The zero-order valence-corrected chi connectivity index (χ0v) is 8.46. The molecule has 17 heavy (non-hydrogen) atoms. The Morgan fingerprint density at radius 2 is 1.53 bits per heavy atom. The third-order valence-corrected chi connectivity index (χ3v) is 2.08. The molecule has 4 heteroatoms. The number of esters is 1. The Kier molecular flexibility index (Phi) is 5.22. The van der Waals surface area contributed by atoms with Crippen molar-refractivity contribution in [2.45, 2.75) is 0 Å². The van der Waals surface area contributed by atoms with Gasteiger partial charge < -0.3 is 9.84 Å². The van der Waals surface area contributed by atoms with Gasteiger partial charge in [-0.3, -0.25) is 0 Å². The van der Waals surface area contributed by atoms with Gasteiger partial charge in [-0.25, -0.2) is 4.79 Å². The zero-order valence-electron chi connectivity index (χ0n) is 8.46. The van der Waals surface area contributed by atoms with Gasteiger partial charge in [0, 0.05) is 0 Å². The first-order valence-corrected chi connectivity index (χ1v) is 4.82. The summed E-state index contributed by atoms with van der Waals surface area (Å²) in [6, 6.07) is 15.0. The van der Waals surface area contributed by atoms with Crippen LogP contribution >= 0.6 is 0 Å². The maximum absolute atomic E-state index is 11.7. The number of hydrogen-bond acceptors (Lipinski definition) is 3. The third kappa shape index (κ3) is 3.60. The third-order valence-electron chi connectivity index (χ3n) is 2.08. The predicted molar refractivity (Wildman–Crippen MR) is 66.7 cm³/mol. The van der Waals surface area contributed by atoms with Gasteiger partial charge in [0.2, 0.25) is 0 Å². The number of phenolic OH excluding ortho intramolecular Hbond substituents is 1. The summed E-state index contributed by atoms with van der Waals surface area (Å²) in [5.41, 5.74) is 0.159. The minimum absolute atomic E-state index is 0. The van der Waals surface area contributed by atoms with Crippen LogP contribution in [0.2, 0.25) is 0 Å². The number of carbonyl (C=O) groups is 1. The summed E-state index contributed by atoms with van der Waals surface area (Å²) in [4.78, 5) is 11.7. The van der Waals surface area contributed by atoms with Gasteiger partial charge in [-0.05, 0) is 24.3 Å². The molecule has 0 atom stereocenters. The molecule has 3 nitrogen and oxygen atoms in total. The van der Waals surface area contributed by atoms with Crippen molar-refractivity contribution in [2.24, 2.45) is 0 Å². The van der Waals surface area contributed by atoms with Crippen LogP contribution in [-0.2, 0) is 0 Å². The summed E-state index contributed by atoms with van der Waals surface area (Å²) in [6.45, 7) is 0. The van der Waals surface area contributed by atoms with E-state index in [1.54, 1.807) is 36.4 Å². The van der Waals surface area contributed by atoms with E-state index in [0.29, 0.717) is 5.75 Å². The standard InChI is InChI=1S/C13H10O3.Na.H/c14-12-9-5-4-8-11(12)13(15)16-10-6-2-1-3-7-10;;/h1-9,14H;;. The van der Waals surface area contributed by atoms with Gasteiger partial charge in [-0.2, -0.15) is 0 Å². The molecule has 2 rings (SSSR count). The van der Waals surface area contributed by atoms with Gasteiger partial charge in [-0.15, -0.1) is 0 Å². The second-order valence-corrected chi connectivity index (χ2v) is 3.22. The van der Waals surface area contributed by atoms with Crippen molar-refractivity contribution < 1.29 is 14.6 Å². The van der Waals surface area contributed by atoms with Crippen molar-refractivity contribution in [1.82, 2.24) is 0 Å². The molecule has 0 saturated heterocycles. The number of ether oxygens (including phenoxy) is 1. The molecular formula is C13H11NaO3. The fourth-order valence-electron chi connectivity index (χ4n) is 1.30. The maximum atomic E-state index is 11.7. The Morgan fingerprint density at radius 3 is 2.18 bits per heavy atom. The second-order valence-electron chi connectivity index (χ2n) is 3.22. The van der Waals surface area contributed by atoms with Crippen molar-refractivity contribution in [3.63, 3.8) is 0 Å². The molecule has 0 saturated carbocycles. The van der Waals surface area contributed by atoms with E-state index in [1.807, 2.05) is 6.07 Å². The monoisotopic (exact) mass is 238 g/mol. The molecule has 82 valence electrons. The van der Waals surface area contributed by atoms with E-state index >= 15 is 0 Å². The van der Waals surface area contributed by atoms with Gasteiger partial charge >= 0.3 is 35.5 Å². The van der Waals surface area contributed by atoms with Crippen molar-refractivity contribution in [1.29, 1.82) is 0 Å². The van der Waals surface area contributed by atoms with Crippen molar-refractivity contribution in [2.75, 3.05) is 0 Å². The van der Waals surface area contributed by atoms with Crippen LogP contribution < -0.4 is 4.74 Å². The summed E-state index contributed by atoms with van der Waals surface area (Å²) >= 11 is 0. The summed E-state index contributed by atoms with van der Waals surface area (Å²) < 4.78 is 5.08. The number of phenols is 1. The van der Waals surface area contributed by atoms with Crippen LogP contribution in [0, 0.1) is 0 Å². The van der Waals surface area contributed by atoms with Crippen LogP contribution in [0.5, 0.6) is 11.5 Å². The molecule has 0 fully saturated rings. The van der Waals surface area contributed by atoms with Gasteiger partial charge in [0.05, 0.1) is 0 Å². The molecule has 0 aliphatic rings. The Balaban J connectivity index is 0.00000144. The van der Waals surface area contributed by atoms with Gasteiger partial charge in [0.15, 0.2) is 0 Å². The number of hydrogen-bond donors (Lipinski definition) is 1. The molecule has 0 bridgehead atoms. The Bertz CT molecular complexity index is 497. The predicted octanol–water partition coefficient (Wildman–Crippen LogP) is 1.96. The molecule has 2 aromatic carbocycles. The van der Waals surface area contributed by atoms with Crippen molar-refractivity contribution in [3.05, 3.63) is 60.2 Å². The van der Waals surface area contributed by atoms with Crippen LogP contribution in [0.1, 0.15) is 10.4 Å². The van der Waals surface area contributed by atoms with E-state index in [4.69, 9.17) is 4.74 Å². The van der Waals surface area contributed by atoms with E-state index in [1.165, 1.54) is 12.1 Å². The fraction of sp³-hybridized carbons (Fsp3) is 0. The van der Waals surface area contributed by atoms with E-state index in [-0.39, 0.29) is 40.9 Å². The first kappa shape index (κ1) is 13.8. The zero-order chi connectivity index (χ0) is 11.4. The van der Waals surface area contributed by atoms with E-state index in [0.717, 1.165) is 0 Å². The number of benzene rings is 2. The number of para-hydroxylation sites is 2. The van der Waals surface area contributed by atoms with Gasteiger partial charge in [0.25, 0.3) is 0 Å². The molecule has 0 unspecified atom stereocenters. The molecule has 2 aromatic rings. The average molecular weight is 238 g/mol. The normalized spacial score (nSPS) is 9.18. The van der Waals surface area contributed by atoms with Crippen LogP contribution in [0.25, 0.3) is 0 Å². The van der Waals surface area contributed by atoms with E-state index < -0.39 is 5.97 Å². The molecule has 0 spiro atoms. The molecule has 0 heterocycles. The first-order chi connectivity index (χ1) is 7.77. The number of rotatable bonds is 2. The van der Waals surface area contributed by atoms with Gasteiger partial charge in [-0.1, -0.05) is 30.3 Å². The summed E-state index contributed by atoms with van der Waals surface area (Å²) in [7, 11) is 0. The summed E-state index contributed by atoms with van der Waals surface area (Å²) in [6.07, 6.45) is 0. The number of carbonyl (C=O) groups excluding carboxylic acids is 1. The quantitative estimate of drug-likeness (QED) is 0.494. The van der Waals surface area contributed by atoms with E-state index in [9.17, 15) is 9.90 Å². The molecule has 0 radical (unpaired) electrons. The summed E-state index contributed by atoms with van der Waals surface area (Å²) in [5.74, 6) is -0.191. The topological polar surface area (TPSA) is 46.5 Å². The second kappa shape index (κ2) is 6.45. The molecule has 0 aliphatic heterocycles. The van der Waals surface area contributed by atoms with Crippen molar-refractivity contribution >= 4 is 35.5 Å². The first-order valence-electron chi connectivity index (χ1n) is 4.82. The average Bonchev–Trinajstić information content (AvgIpc) is 2.31. The molecule has 0 aliphatic carbocycles. The molecule has 1 N–H and O–H groups in total. The molecule has 0 aromatic heterocycles. The fourth-order valence-corrected chi connectivity index (χ4v) is 1.30. The van der Waals surface area contributed by atoms with Crippen LogP contribution in [0.3, 0.4) is 0 Å². The molecule has 0 amide bonds. The Hall–Kier alpha value is -1.29.